The summed E-state index contributed by atoms with van der Waals surface area (Å²) in [5, 5.41) is 0. The molecule has 0 aliphatic heterocycles. The van der Waals surface area contributed by atoms with Crippen LogP contribution in [0.25, 0.3) is 0 Å². The maximum atomic E-state index is 13.0. The van der Waals surface area contributed by atoms with E-state index >= 15 is 0 Å². The van der Waals surface area contributed by atoms with Crippen molar-refractivity contribution in [2.45, 2.75) is 25.4 Å². The average Bonchev–Trinajstić information content (AvgIpc) is 3.18. The first-order valence-corrected chi connectivity index (χ1v) is 10.1. The number of benzene rings is 2. The Morgan fingerprint density at radius 1 is 1.07 bits per heavy atom. The SMILES string of the molecule is CN(CCCOC(C)(c1ccccc1)c1nccn1C)CCc1ccc(F)cc1. The number of nitrogens with zero attached hydrogens (tertiary/aromatic N) is 3. The predicted octanol–water partition coefficient (Wildman–Crippen LogP) is 4.40. The van der Waals surface area contributed by atoms with E-state index in [0.29, 0.717) is 6.61 Å². The van der Waals surface area contributed by atoms with Gasteiger partial charge < -0.3 is 14.2 Å². The van der Waals surface area contributed by atoms with Crippen LogP contribution in [0.15, 0.2) is 67.0 Å². The average molecular weight is 396 g/mol. The molecule has 1 unspecified atom stereocenters. The van der Waals surface area contributed by atoms with Crippen LogP contribution in [-0.2, 0) is 23.8 Å². The number of hydrogen-bond acceptors (Lipinski definition) is 3. The second kappa shape index (κ2) is 9.81. The third-order valence-electron chi connectivity index (χ3n) is 5.34. The minimum absolute atomic E-state index is 0.187. The Labute approximate surface area is 173 Å². The summed E-state index contributed by atoms with van der Waals surface area (Å²) in [7, 11) is 4.11. The molecular formula is C24H30FN3O. The van der Waals surface area contributed by atoms with Gasteiger partial charge in [-0.3, -0.25) is 0 Å². The Balaban J connectivity index is 1.52. The summed E-state index contributed by atoms with van der Waals surface area (Å²) in [6, 6.07) is 17.0. The summed E-state index contributed by atoms with van der Waals surface area (Å²) in [5.74, 6) is 0.710. The highest BCUT2D eigenvalue weighted by atomic mass is 19.1. The number of aryl methyl sites for hydroxylation is 1. The van der Waals surface area contributed by atoms with Gasteiger partial charge in [0.15, 0.2) is 0 Å². The maximum absolute atomic E-state index is 13.0. The van der Waals surface area contributed by atoms with Gasteiger partial charge in [0.2, 0.25) is 0 Å². The summed E-state index contributed by atoms with van der Waals surface area (Å²) in [4.78, 5) is 6.83. The van der Waals surface area contributed by atoms with Gasteiger partial charge in [-0.2, -0.15) is 0 Å². The lowest BCUT2D eigenvalue weighted by atomic mass is 9.94. The number of hydrogen-bond donors (Lipinski definition) is 0. The lowest BCUT2D eigenvalue weighted by Gasteiger charge is -2.30. The van der Waals surface area contributed by atoms with Crippen LogP contribution in [0, 0.1) is 5.82 Å². The van der Waals surface area contributed by atoms with Gasteiger partial charge in [0.1, 0.15) is 17.2 Å². The molecule has 0 bridgehead atoms. The highest BCUT2D eigenvalue weighted by Crippen LogP contribution is 2.32. The van der Waals surface area contributed by atoms with Crippen LogP contribution in [0.5, 0.6) is 0 Å². The first-order chi connectivity index (χ1) is 14.0. The van der Waals surface area contributed by atoms with Gasteiger partial charge in [-0.15, -0.1) is 0 Å². The van der Waals surface area contributed by atoms with Crippen LogP contribution in [0.4, 0.5) is 4.39 Å². The van der Waals surface area contributed by atoms with E-state index < -0.39 is 5.60 Å². The molecule has 0 aliphatic rings. The predicted molar refractivity (Wildman–Crippen MR) is 114 cm³/mol. The normalized spacial score (nSPS) is 13.6. The molecule has 0 radical (unpaired) electrons. The molecular weight excluding hydrogens is 365 g/mol. The maximum Gasteiger partial charge on any atom is 0.148 e. The van der Waals surface area contributed by atoms with Crippen molar-refractivity contribution in [3.63, 3.8) is 0 Å². The van der Waals surface area contributed by atoms with E-state index in [2.05, 4.69) is 36.0 Å². The summed E-state index contributed by atoms with van der Waals surface area (Å²) < 4.78 is 21.4. The molecule has 0 aliphatic carbocycles. The third-order valence-corrected chi connectivity index (χ3v) is 5.34. The fourth-order valence-corrected chi connectivity index (χ4v) is 3.55. The number of likely N-dealkylation sites (N-methyl/N-ethyl adjacent to an activating group) is 1. The molecule has 0 saturated heterocycles. The zero-order valence-electron chi connectivity index (χ0n) is 17.5. The summed E-state index contributed by atoms with van der Waals surface area (Å²) >= 11 is 0. The van der Waals surface area contributed by atoms with Gasteiger partial charge in [0.05, 0.1) is 0 Å². The van der Waals surface area contributed by atoms with Crippen LogP contribution < -0.4 is 0 Å². The lowest BCUT2D eigenvalue weighted by Crippen LogP contribution is -2.32. The third kappa shape index (κ3) is 5.52. The molecule has 29 heavy (non-hydrogen) atoms. The summed E-state index contributed by atoms with van der Waals surface area (Å²) in [6.07, 6.45) is 5.59. The van der Waals surface area contributed by atoms with Crippen molar-refractivity contribution in [1.29, 1.82) is 0 Å². The molecule has 0 fully saturated rings. The molecule has 1 atom stereocenters. The second-order valence-electron chi connectivity index (χ2n) is 7.64. The zero-order valence-corrected chi connectivity index (χ0v) is 17.5. The van der Waals surface area contributed by atoms with Gasteiger partial charge in [-0.1, -0.05) is 42.5 Å². The molecule has 1 heterocycles. The molecule has 154 valence electrons. The molecule has 2 aromatic carbocycles. The quantitative estimate of drug-likeness (QED) is 0.477. The number of aromatic nitrogens is 2. The van der Waals surface area contributed by atoms with Gasteiger partial charge in [0.25, 0.3) is 0 Å². The Morgan fingerprint density at radius 2 is 1.79 bits per heavy atom. The van der Waals surface area contributed by atoms with E-state index in [1.165, 1.54) is 12.1 Å². The largest absolute Gasteiger partial charge is 0.363 e. The van der Waals surface area contributed by atoms with E-state index in [4.69, 9.17) is 4.74 Å². The van der Waals surface area contributed by atoms with Crippen molar-refractivity contribution in [2.24, 2.45) is 7.05 Å². The van der Waals surface area contributed by atoms with E-state index in [1.54, 1.807) is 0 Å². The number of halogens is 1. The number of ether oxygens (including phenoxy) is 1. The molecule has 3 aromatic rings. The molecule has 0 saturated carbocycles. The van der Waals surface area contributed by atoms with Crippen LogP contribution >= 0.6 is 0 Å². The van der Waals surface area contributed by atoms with Gasteiger partial charge >= 0.3 is 0 Å². The number of imidazole rings is 1. The smallest absolute Gasteiger partial charge is 0.148 e. The standard InChI is InChI=1S/C24H30FN3O/c1-24(21-8-5-4-6-9-21,23-26-15-18-28(23)3)29-19-7-16-27(2)17-14-20-10-12-22(25)13-11-20/h4-6,8-13,15,18H,7,14,16-17,19H2,1-3H3. The van der Waals surface area contributed by atoms with E-state index in [9.17, 15) is 4.39 Å². The Kier molecular flexibility index (Phi) is 7.18. The molecule has 5 heteroatoms. The van der Waals surface area contributed by atoms with Gasteiger partial charge in [-0.05, 0) is 50.1 Å². The fraction of sp³-hybridized carbons (Fsp3) is 0.375. The highest BCUT2D eigenvalue weighted by Gasteiger charge is 2.33. The van der Waals surface area contributed by atoms with Crippen molar-refractivity contribution in [1.82, 2.24) is 14.5 Å². The minimum atomic E-state index is -0.591. The Bertz CT molecular complexity index is 879. The van der Waals surface area contributed by atoms with E-state index in [0.717, 1.165) is 42.9 Å². The lowest BCUT2D eigenvalue weighted by molar-refractivity contribution is -0.0156. The van der Waals surface area contributed by atoms with Crippen molar-refractivity contribution in [3.8, 4) is 0 Å². The fourth-order valence-electron chi connectivity index (χ4n) is 3.55. The summed E-state index contributed by atoms with van der Waals surface area (Å²) in [5.41, 5.74) is 1.66. The summed E-state index contributed by atoms with van der Waals surface area (Å²) in [6.45, 7) is 4.59. The first-order valence-electron chi connectivity index (χ1n) is 10.1. The minimum Gasteiger partial charge on any atom is -0.363 e. The van der Waals surface area contributed by atoms with Crippen molar-refractivity contribution >= 4 is 0 Å². The Hall–Kier alpha value is -2.50. The van der Waals surface area contributed by atoms with Crippen LogP contribution in [-0.4, -0.2) is 41.2 Å². The molecule has 3 rings (SSSR count). The van der Waals surface area contributed by atoms with Crippen molar-refractivity contribution in [3.05, 3.63) is 89.8 Å². The molecule has 0 amide bonds. The first kappa shape index (κ1) is 21.2. The van der Waals surface area contributed by atoms with Crippen LogP contribution in [0.2, 0.25) is 0 Å². The monoisotopic (exact) mass is 395 g/mol. The van der Waals surface area contributed by atoms with Crippen molar-refractivity contribution in [2.75, 3.05) is 26.7 Å². The number of rotatable bonds is 10. The van der Waals surface area contributed by atoms with Gasteiger partial charge in [0, 0.05) is 39.1 Å². The van der Waals surface area contributed by atoms with E-state index in [-0.39, 0.29) is 5.82 Å². The van der Waals surface area contributed by atoms with E-state index in [1.807, 2.05) is 54.3 Å². The topological polar surface area (TPSA) is 30.3 Å². The van der Waals surface area contributed by atoms with Crippen molar-refractivity contribution < 1.29 is 9.13 Å². The molecule has 1 aromatic heterocycles. The van der Waals surface area contributed by atoms with Crippen LogP contribution in [0.1, 0.15) is 30.3 Å². The molecule has 0 N–H and O–H groups in total. The highest BCUT2D eigenvalue weighted by molar-refractivity contribution is 5.29. The second-order valence-corrected chi connectivity index (χ2v) is 7.64. The Morgan fingerprint density at radius 3 is 2.45 bits per heavy atom. The molecule has 4 nitrogen and oxygen atoms in total. The van der Waals surface area contributed by atoms with Gasteiger partial charge in [-0.25, -0.2) is 9.37 Å². The zero-order chi connectivity index (χ0) is 20.7. The van der Waals surface area contributed by atoms with Crippen LogP contribution in [0.3, 0.4) is 0 Å². The molecule has 0 spiro atoms.